The highest BCUT2D eigenvalue weighted by Crippen LogP contribution is 2.39. The number of nitrogens with zero attached hydrogens (tertiary/aromatic N) is 1. The minimum absolute atomic E-state index is 0.00750. The van der Waals surface area contributed by atoms with Crippen molar-refractivity contribution in [1.29, 1.82) is 0 Å². The Labute approximate surface area is 126 Å². The van der Waals surface area contributed by atoms with Gasteiger partial charge in [0, 0.05) is 0 Å². The number of halogens is 1. The van der Waals surface area contributed by atoms with Gasteiger partial charge in [0.15, 0.2) is 0 Å². The Morgan fingerprint density at radius 1 is 1.45 bits per heavy atom. The topological polar surface area (TPSA) is 76.1 Å². The molecule has 1 atom stereocenters. The summed E-state index contributed by atoms with van der Waals surface area (Å²) in [4.78, 5) is 24.4. The molecule has 0 bridgehead atoms. The normalized spacial score (nSPS) is 27.3. The molecule has 1 N–H and O–H groups in total. The Hall–Kier alpha value is -2.15. The number of aliphatic hydroxyl groups excluding tert-OH is 1. The third-order valence-corrected chi connectivity index (χ3v) is 4.12. The summed E-state index contributed by atoms with van der Waals surface area (Å²) in [7, 11) is 1.21. The Balaban J connectivity index is 1.76. The van der Waals surface area contributed by atoms with Gasteiger partial charge in [-0.15, -0.1) is 0 Å². The summed E-state index contributed by atoms with van der Waals surface area (Å²) in [6.45, 7) is -0.00750. The van der Waals surface area contributed by atoms with E-state index in [9.17, 15) is 19.1 Å². The molecule has 0 radical (unpaired) electrons. The van der Waals surface area contributed by atoms with Gasteiger partial charge in [-0.2, -0.15) is 0 Å². The predicted molar refractivity (Wildman–Crippen MR) is 74.0 cm³/mol. The monoisotopic (exact) mass is 309 g/mol. The van der Waals surface area contributed by atoms with Crippen LogP contribution in [0.5, 0.6) is 0 Å². The largest absolute Gasteiger partial charge is 0.466 e. The smallest absolute Gasteiger partial charge is 0.415 e. The molecule has 2 aliphatic rings. The van der Waals surface area contributed by atoms with E-state index in [0.717, 1.165) is 0 Å². The van der Waals surface area contributed by atoms with Gasteiger partial charge in [0.25, 0.3) is 0 Å². The van der Waals surface area contributed by atoms with Gasteiger partial charge in [-0.3, -0.25) is 4.90 Å². The van der Waals surface area contributed by atoms with Crippen LogP contribution >= 0.6 is 0 Å². The molecule has 1 aromatic rings. The van der Waals surface area contributed by atoms with Gasteiger partial charge < -0.3 is 14.6 Å². The summed E-state index contributed by atoms with van der Waals surface area (Å²) >= 11 is 0. The fourth-order valence-electron chi connectivity index (χ4n) is 2.78. The first-order valence-electron chi connectivity index (χ1n) is 7.03. The van der Waals surface area contributed by atoms with E-state index in [1.165, 1.54) is 18.1 Å². The van der Waals surface area contributed by atoms with Crippen LogP contribution in [0, 0.1) is 5.82 Å². The maximum atomic E-state index is 14.2. The second-order valence-corrected chi connectivity index (χ2v) is 5.53. The number of methoxy groups -OCH3 is 1. The first kappa shape index (κ1) is 14.8. The molecular weight excluding hydrogens is 293 g/mol. The number of hydrogen-bond acceptors (Lipinski definition) is 5. The first-order valence-corrected chi connectivity index (χ1v) is 7.03. The lowest BCUT2D eigenvalue weighted by Crippen LogP contribution is -2.29. The number of cyclic esters (lactones) is 1. The Kier molecular flexibility index (Phi) is 3.74. The van der Waals surface area contributed by atoms with Gasteiger partial charge >= 0.3 is 12.1 Å². The Morgan fingerprint density at radius 2 is 2.18 bits per heavy atom. The van der Waals surface area contributed by atoms with E-state index in [4.69, 9.17) is 4.74 Å². The summed E-state index contributed by atoms with van der Waals surface area (Å²) < 4.78 is 23.6. The third kappa shape index (κ3) is 2.52. The SMILES string of the molecule is COC(=O)[C@H]1CN(c2ccc(C3CC(O)C3)c(F)c2)C(=O)O1. The van der Waals surface area contributed by atoms with Crippen LogP contribution in [0.15, 0.2) is 18.2 Å². The van der Waals surface area contributed by atoms with E-state index in [0.29, 0.717) is 24.1 Å². The molecule has 3 rings (SSSR count). The quantitative estimate of drug-likeness (QED) is 0.858. The Bertz CT molecular complexity index is 614. The van der Waals surface area contributed by atoms with Gasteiger partial charge in [0.1, 0.15) is 5.82 Å². The van der Waals surface area contributed by atoms with E-state index in [-0.39, 0.29) is 18.6 Å². The molecule has 7 heteroatoms. The number of aliphatic hydroxyl groups is 1. The number of ether oxygens (including phenoxy) is 2. The fraction of sp³-hybridized carbons (Fsp3) is 0.467. The van der Waals surface area contributed by atoms with Crippen molar-refractivity contribution in [2.45, 2.75) is 31.0 Å². The zero-order valence-electron chi connectivity index (χ0n) is 12.0. The molecule has 1 heterocycles. The molecule has 2 fully saturated rings. The van der Waals surface area contributed by atoms with Crippen LogP contribution < -0.4 is 4.90 Å². The van der Waals surface area contributed by atoms with Crippen LogP contribution in [0.4, 0.5) is 14.9 Å². The van der Waals surface area contributed by atoms with Crippen molar-refractivity contribution < 1.29 is 28.6 Å². The highest BCUT2D eigenvalue weighted by Gasteiger charge is 2.38. The molecule has 1 aromatic carbocycles. The van der Waals surface area contributed by atoms with Gasteiger partial charge in [0.2, 0.25) is 6.10 Å². The summed E-state index contributed by atoms with van der Waals surface area (Å²) in [5.41, 5.74) is 0.864. The van der Waals surface area contributed by atoms with E-state index >= 15 is 0 Å². The number of rotatable bonds is 3. The van der Waals surface area contributed by atoms with Crippen LogP contribution in [0.25, 0.3) is 0 Å². The van der Waals surface area contributed by atoms with Gasteiger partial charge in [0.05, 0.1) is 25.4 Å². The van der Waals surface area contributed by atoms with Crippen LogP contribution in [0.3, 0.4) is 0 Å². The zero-order valence-corrected chi connectivity index (χ0v) is 12.0. The maximum Gasteiger partial charge on any atom is 0.415 e. The zero-order chi connectivity index (χ0) is 15.9. The number of anilines is 1. The molecule has 118 valence electrons. The van der Waals surface area contributed by atoms with Crippen LogP contribution in [0.1, 0.15) is 24.3 Å². The van der Waals surface area contributed by atoms with Crippen LogP contribution in [-0.4, -0.2) is 43.0 Å². The molecule has 0 unspecified atom stereocenters. The third-order valence-electron chi connectivity index (χ3n) is 4.12. The van der Waals surface area contributed by atoms with Crippen molar-refractivity contribution in [1.82, 2.24) is 0 Å². The molecule has 0 spiro atoms. The van der Waals surface area contributed by atoms with Crippen LogP contribution in [0.2, 0.25) is 0 Å². The summed E-state index contributed by atoms with van der Waals surface area (Å²) in [5, 5.41) is 9.30. The number of hydrogen-bond donors (Lipinski definition) is 1. The van der Waals surface area contributed by atoms with Crippen molar-refractivity contribution in [3.8, 4) is 0 Å². The first-order chi connectivity index (χ1) is 10.5. The molecule has 1 aliphatic carbocycles. The second-order valence-electron chi connectivity index (χ2n) is 5.53. The highest BCUT2D eigenvalue weighted by atomic mass is 19.1. The molecule has 6 nitrogen and oxygen atoms in total. The van der Waals surface area contributed by atoms with Crippen molar-refractivity contribution in [2.24, 2.45) is 0 Å². The predicted octanol–water partition coefficient (Wildman–Crippen LogP) is 1.56. The molecule has 22 heavy (non-hydrogen) atoms. The van der Waals surface area contributed by atoms with E-state index in [1.54, 1.807) is 12.1 Å². The van der Waals surface area contributed by atoms with Crippen molar-refractivity contribution in [2.75, 3.05) is 18.6 Å². The molecule has 1 amide bonds. The van der Waals surface area contributed by atoms with Crippen molar-refractivity contribution in [3.05, 3.63) is 29.6 Å². The fourth-order valence-corrected chi connectivity index (χ4v) is 2.78. The average Bonchev–Trinajstić information content (AvgIpc) is 2.85. The van der Waals surface area contributed by atoms with Crippen molar-refractivity contribution in [3.63, 3.8) is 0 Å². The standard InChI is InChI=1S/C15H16FNO5/c1-21-14(19)13-7-17(15(20)22-13)9-2-3-11(12(16)6-9)8-4-10(18)5-8/h2-3,6,8,10,13,18H,4-5,7H2,1H3/t8?,10?,13-/m1/s1. The number of carbonyl (C=O) groups is 2. The minimum atomic E-state index is -0.998. The molecular formula is C15H16FNO5. The van der Waals surface area contributed by atoms with Crippen LogP contribution in [-0.2, 0) is 14.3 Å². The molecule has 0 aromatic heterocycles. The molecule has 1 saturated heterocycles. The minimum Gasteiger partial charge on any atom is -0.466 e. The Morgan fingerprint density at radius 3 is 2.77 bits per heavy atom. The number of esters is 1. The lowest BCUT2D eigenvalue weighted by Gasteiger charge is -2.32. The molecule has 1 saturated carbocycles. The van der Waals surface area contributed by atoms with Gasteiger partial charge in [-0.25, -0.2) is 14.0 Å². The lowest BCUT2D eigenvalue weighted by molar-refractivity contribution is -0.148. The molecule has 1 aliphatic heterocycles. The van der Waals surface area contributed by atoms with E-state index in [2.05, 4.69) is 4.74 Å². The maximum absolute atomic E-state index is 14.2. The second kappa shape index (κ2) is 5.57. The number of benzene rings is 1. The number of carbonyl (C=O) groups excluding carboxylic acids is 2. The average molecular weight is 309 g/mol. The lowest BCUT2D eigenvalue weighted by atomic mass is 9.77. The van der Waals surface area contributed by atoms with E-state index in [1.807, 2.05) is 0 Å². The number of amides is 1. The van der Waals surface area contributed by atoms with Crippen molar-refractivity contribution >= 4 is 17.7 Å². The van der Waals surface area contributed by atoms with E-state index < -0.39 is 24.0 Å². The summed E-state index contributed by atoms with van der Waals surface area (Å²) in [6, 6.07) is 4.48. The van der Waals surface area contributed by atoms with Gasteiger partial charge in [-0.05, 0) is 36.5 Å². The summed E-state index contributed by atoms with van der Waals surface area (Å²) in [6.07, 6.45) is -0.971. The summed E-state index contributed by atoms with van der Waals surface area (Å²) in [5.74, 6) is -1.06. The van der Waals surface area contributed by atoms with Gasteiger partial charge in [-0.1, -0.05) is 6.07 Å². The highest BCUT2D eigenvalue weighted by molar-refractivity contribution is 5.94.